The summed E-state index contributed by atoms with van der Waals surface area (Å²) in [5.74, 6) is 0.186. The fraction of sp³-hybridized carbons (Fsp3) is 0.588. The van der Waals surface area contributed by atoms with E-state index in [1.807, 2.05) is 30.0 Å². The van der Waals surface area contributed by atoms with Crippen molar-refractivity contribution in [3.63, 3.8) is 0 Å². The van der Waals surface area contributed by atoms with Crippen molar-refractivity contribution in [3.05, 3.63) is 35.9 Å². The van der Waals surface area contributed by atoms with Crippen LogP contribution in [0.2, 0.25) is 0 Å². The summed E-state index contributed by atoms with van der Waals surface area (Å²) in [7, 11) is 0. The standard InChI is InChI=1S/C17H26N2O2/c1-3-5-12-21-13-11-19-16(14-9-7-6-8-10-14)18-15(4-2)17(19)20/h6-10,15-16,18H,3-5,11-13H2,1-2H3. The molecule has 0 aromatic heterocycles. The first kappa shape index (κ1) is 16.0. The summed E-state index contributed by atoms with van der Waals surface area (Å²) >= 11 is 0. The van der Waals surface area contributed by atoms with Gasteiger partial charge in [-0.1, -0.05) is 50.6 Å². The summed E-state index contributed by atoms with van der Waals surface area (Å²) in [6.07, 6.45) is 2.99. The van der Waals surface area contributed by atoms with E-state index < -0.39 is 0 Å². The maximum Gasteiger partial charge on any atom is 0.241 e. The van der Waals surface area contributed by atoms with E-state index in [0.717, 1.165) is 31.4 Å². The number of benzene rings is 1. The Labute approximate surface area is 127 Å². The molecule has 1 aromatic carbocycles. The van der Waals surface area contributed by atoms with Gasteiger partial charge in [0.2, 0.25) is 5.91 Å². The van der Waals surface area contributed by atoms with Crippen LogP contribution < -0.4 is 5.32 Å². The summed E-state index contributed by atoms with van der Waals surface area (Å²) in [5.41, 5.74) is 1.13. The van der Waals surface area contributed by atoms with Crippen LogP contribution in [0.4, 0.5) is 0 Å². The van der Waals surface area contributed by atoms with Crippen molar-refractivity contribution < 1.29 is 9.53 Å². The maximum atomic E-state index is 12.4. The molecule has 0 saturated carbocycles. The molecule has 116 valence electrons. The third-order valence-corrected chi connectivity index (χ3v) is 3.89. The molecular weight excluding hydrogens is 264 g/mol. The molecule has 4 nitrogen and oxygen atoms in total. The minimum atomic E-state index is -0.0779. The summed E-state index contributed by atoms with van der Waals surface area (Å²) in [4.78, 5) is 14.4. The van der Waals surface area contributed by atoms with Crippen LogP contribution in [0.3, 0.4) is 0 Å². The lowest BCUT2D eigenvalue weighted by molar-refractivity contribution is -0.130. The van der Waals surface area contributed by atoms with E-state index in [-0.39, 0.29) is 18.1 Å². The Hall–Kier alpha value is -1.39. The second-order valence-corrected chi connectivity index (χ2v) is 5.44. The van der Waals surface area contributed by atoms with Crippen LogP contribution in [0.25, 0.3) is 0 Å². The summed E-state index contributed by atoms with van der Waals surface area (Å²) in [6, 6.07) is 10.1. The van der Waals surface area contributed by atoms with E-state index >= 15 is 0 Å². The Balaban J connectivity index is 1.98. The zero-order valence-electron chi connectivity index (χ0n) is 13.0. The van der Waals surface area contributed by atoms with Crippen LogP contribution in [-0.4, -0.2) is 36.6 Å². The smallest absolute Gasteiger partial charge is 0.241 e. The fourth-order valence-electron chi connectivity index (χ4n) is 2.63. The van der Waals surface area contributed by atoms with E-state index in [1.54, 1.807) is 0 Å². The zero-order valence-corrected chi connectivity index (χ0v) is 13.0. The van der Waals surface area contributed by atoms with Crippen molar-refractivity contribution in [1.29, 1.82) is 0 Å². The lowest BCUT2D eigenvalue weighted by Gasteiger charge is -2.24. The Morgan fingerprint density at radius 3 is 2.62 bits per heavy atom. The minimum absolute atomic E-state index is 0.0292. The minimum Gasteiger partial charge on any atom is -0.380 e. The van der Waals surface area contributed by atoms with Crippen LogP contribution in [-0.2, 0) is 9.53 Å². The Morgan fingerprint density at radius 1 is 1.19 bits per heavy atom. The van der Waals surface area contributed by atoms with Gasteiger partial charge in [0.15, 0.2) is 0 Å². The number of carbonyl (C=O) groups excluding carboxylic acids is 1. The first-order valence-electron chi connectivity index (χ1n) is 7.97. The highest BCUT2D eigenvalue weighted by molar-refractivity contribution is 5.84. The highest BCUT2D eigenvalue weighted by Gasteiger charge is 2.38. The summed E-state index contributed by atoms with van der Waals surface area (Å²) < 4.78 is 5.62. The molecule has 1 N–H and O–H groups in total. The normalized spacial score (nSPS) is 22.0. The largest absolute Gasteiger partial charge is 0.380 e. The van der Waals surface area contributed by atoms with Crippen LogP contribution in [0.15, 0.2) is 30.3 Å². The number of nitrogens with zero attached hydrogens (tertiary/aromatic N) is 1. The molecule has 1 heterocycles. The topological polar surface area (TPSA) is 41.6 Å². The predicted octanol–water partition coefficient (Wildman–Crippen LogP) is 2.71. The summed E-state index contributed by atoms with van der Waals surface area (Å²) in [5, 5.41) is 3.43. The molecule has 0 radical (unpaired) electrons. The Kier molecular flexibility index (Phi) is 6.21. The van der Waals surface area contributed by atoms with Crippen LogP contribution in [0.1, 0.15) is 44.8 Å². The van der Waals surface area contributed by atoms with Crippen molar-refractivity contribution in [1.82, 2.24) is 10.2 Å². The second kappa shape index (κ2) is 8.15. The van der Waals surface area contributed by atoms with Gasteiger partial charge >= 0.3 is 0 Å². The van der Waals surface area contributed by atoms with Crippen LogP contribution in [0.5, 0.6) is 0 Å². The Bertz CT molecular complexity index is 436. The molecule has 21 heavy (non-hydrogen) atoms. The number of hydrogen-bond donors (Lipinski definition) is 1. The van der Waals surface area contributed by atoms with Gasteiger partial charge < -0.3 is 9.64 Å². The Morgan fingerprint density at radius 2 is 1.95 bits per heavy atom. The molecule has 2 rings (SSSR count). The second-order valence-electron chi connectivity index (χ2n) is 5.44. The molecule has 4 heteroatoms. The van der Waals surface area contributed by atoms with Gasteiger partial charge in [-0.15, -0.1) is 0 Å². The molecule has 1 aliphatic heterocycles. The van der Waals surface area contributed by atoms with Gasteiger partial charge in [0, 0.05) is 13.2 Å². The maximum absolute atomic E-state index is 12.4. The highest BCUT2D eigenvalue weighted by atomic mass is 16.5. The van der Waals surface area contributed by atoms with Crippen molar-refractivity contribution in [3.8, 4) is 0 Å². The third-order valence-electron chi connectivity index (χ3n) is 3.89. The van der Waals surface area contributed by atoms with Gasteiger partial charge in [0.25, 0.3) is 0 Å². The molecule has 0 aliphatic carbocycles. The van der Waals surface area contributed by atoms with Crippen molar-refractivity contribution >= 4 is 5.91 Å². The molecule has 1 saturated heterocycles. The van der Waals surface area contributed by atoms with Crippen molar-refractivity contribution in [2.45, 2.75) is 45.3 Å². The summed E-state index contributed by atoms with van der Waals surface area (Å²) in [6.45, 7) is 6.21. The molecule has 0 bridgehead atoms. The molecule has 1 amide bonds. The predicted molar refractivity (Wildman–Crippen MR) is 83.8 cm³/mol. The number of hydrogen-bond acceptors (Lipinski definition) is 3. The fourth-order valence-corrected chi connectivity index (χ4v) is 2.63. The third kappa shape index (κ3) is 4.05. The number of unbranched alkanes of at least 4 members (excludes halogenated alkanes) is 1. The van der Waals surface area contributed by atoms with E-state index in [2.05, 4.69) is 24.4 Å². The molecule has 0 spiro atoms. The lowest BCUT2D eigenvalue weighted by Crippen LogP contribution is -2.34. The van der Waals surface area contributed by atoms with Gasteiger partial charge in [0.1, 0.15) is 6.17 Å². The van der Waals surface area contributed by atoms with Crippen LogP contribution in [0, 0.1) is 0 Å². The monoisotopic (exact) mass is 290 g/mol. The van der Waals surface area contributed by atoms with E-state index in [9.17, 15) is 4.79 Å². The zero-order chi connectivity index (χ0) is 15.1. The van der Waals surface area contributed by atoms with E-state index in [1.165, 1.54) is 0 Å². The first-order chi connectivity index (χ1) is 10.3. The number of ether oxygens (including phenoxy) is 1. The van der Waals surface area contributed by atoms with E-state index in [4.69, 9.17) is 4.74 Å². The quantitative estimate of drug-likeness (QED) is 0.749. The molecule has 1 aliphatic rings. The highest BCUT2D eigenvalue weighted by Crippen LogP contribution is 2.25. The lowest BCUT2D eigenvalue weighted by atomic mass is 10.1. The molecule has 1 aromatic rings. The van der Waals surface area contributed by atoms with Gasteiger partial charge in [-0.3, -0.25) is 10.1 Å². The molecular formula is C17H26N2O2. The van der Waals surface area contributed by atoms with Crippen molar-refractivity contribution in [2.75, 3.05) is 19.8 Å². The first-order valence-corrected chi connectivity index (χ1v) is 7.97. The number of amides is 1. The van der Waals surface area contributed by atoms with E-state index in [0.29, 0.717) is 13.2 Å². The SMILES string of the molecule is CCCCOCCN1C(=O)C(CC)NC1c1ccccc1. The van der Waals surface area contributed by atoms with Gasteiger partial charge in [-0.05, 0) is 18.4 Å². The number of rotatable bonds is 8. The van der Waals surface area contributed by atoms with Gasteiger partial charge in [-0.2, -0.15) is 0 Å². The average Bonchev–Trinajstić information content (AvgIpc) is 2.84. The van der Waals surface area contributed by atoms with Gasteiger partial charge in [-0.25, -0.2) is 0 Å². The molecule has 1 fully saturated rings. The molecule has 2 unspecified atom stereocenters. The molecule has 2 atom stereocenters. The van der Waals surface area contributed by atoms with Crippen LogP contribution >= 0.6 is 0 Å². The van der Waals surface area contributed by atoms with Crippen molar-refractivity contribution in [2.24, 2.45) is 0 Å². The number of carbonyl (C=O) groups is 1. The number of nitrogens with one attached hydrogen (secondary N) is 1. The van der Waals surface area contributed by atoms with Gasteiger partial charge in [0.05, 0.1) is 12.6 Å². The average molecular weight is 290 g/mol.